The number of hydrogen-bond acceptors (Lipinski definition) is 7. The molecule has 8 heteroatoms. The first-order valence-corrected chi connectivity index (χ1v) is 10.4. The molecular weight excluding hydrogens is 468 g/mol. The van der Waals surface area contributed by atoms with Gasteiger partial charge in [0.15, 0.2) is 11.5 Å². The van der Waals surface area contributed by atoms with Gasteiger partial charge in [-0.25, -0.2) is 4.98 Å². The van der Waals surface area contributed by atoms with E-state index in [1.54, 1.807) is 18.2 Å². The third-order valence-electron chi connectivity index (χ3n) is 4.03. The molecule has 0 aliphatic rings. The predicted molar refractivity (Wildman–Crippen MR) is 120 cm³/mol. The SMILES string of the molecule is COc1cc(/C=C(\C#N)c2nc(-c3ccc(Br)cc3)cs2)cc(OC)c1OC(C)=O. The molecule has 0 fully saturated rings. The number of ether oxygens (including phenoxy) is 3. The summed E-state index contributed by atoms with van der Waals surface area (Å²) in [6, 6.07) is 13.3. The van der Waals surface area contributed by atoms with Crippen LogP contribution in [0.3, 0.4) is 0 Å². The van der Waals surface area contributed by atoms with Crippen molar-refractivity contribution in [2.45, 2.75) is 6.92 Å². The van der Waals surface area contributed by atoms with Gasteiger partial charge in [-0.15, -0.1) is 11.3 Å². The number of halogens is 1. The number of nitrogens with zero attached hydrogens (tertiary/aromatic N) is 2. The maximum atomic E-state index is 11.4. The number of esters is 1. The van der Waals surface area contributed by atoms with Crippen LogP contribution < -0.4 is 14.2 Å². The lowest BCUT2D eigenvalue weighted by Gasteiger charge is -2.13. The number of allylic oxidation sites excluding steroid dienone is 1. The van der Waals surface area contributed by atoms with Gasteiger partial charge in [0.05, 0.1) is 25.5 Å². The summed E-state index contributed by atoms with van der Waals surface area (Å²) in [7, 11) is 2.93. The van der Waals surface area contributed by atoms with Gasteiger partial charge >= 0.3 is 5.97 Å². The minimum absolute atomic E-state index is 0.190. The van der Waals surface area contributed by atoms with Crippen LogP contribution >= 0.6 is 27.3 Å². The number of carbonyl (C=O) groups excluding carboxylic acids is 1. The second-order valence-electron chi connectivity index (χ2n) is 6.06. The van der Waals surface area contributed by atoms with Gasteiger partial charge < -0.3 is 14.2 Å². The summed E-state index contributed by atoms with van der Waals surface area (Å²) in [5.41, 5.74) is 2.81. The average molecular weight is 485 g/mol. The zero-order valence-corrected chi connectivity index (χ0v) is 18.8. The summed E-state index contributed by atoms with van der Waals surface area (Å²) < 4.78 is 16.9. The fourth-order valence-corrected chi connectivity index (χ4v) is 3.75. The Morgan fingerprint density at radius 1 is 1.17 bits per heavy atom. The third kappa shape index (κ3) is 4.87. The minimum atomic E-state index is -0.490. The summed E-state index contributed by atoms with van der Waals surface area (Å²) in [5, 5.41) is 12.2. The molecule has 30 heavy (non-hydrogen) atoms. The second kappa shape index (κ2) is 9.57. The van der Waals surface area contributed by atoms with Crippen LogP contribution in [0.15, 0.2) is 46.3 Å². The van der Waals surface area contributed by atoms with Crippen LogP contribution in [0, 0.1) is 11.3 Å². The lowest BCUT2D eigenvalue weighted by Crippen LogP contribution is -2.05. The number of thiazole rings is 1. The van der Waals surface area contributed by atoms with E-state index in [4.69, 9.17) is 14.2 Å². The molecule has 0 spiro atoms. The van der Waals surface area contributed by atoms with Crippen molar-refractivity contribution in [3.63, 3.8) is 0 Å². The van der Waals surface area contributed by atoms with Crippen molar-refractivity contribution in [2.75, 3.05) is 14.2 Å². The molecule has 3 aromatic rings. The highest BCUT2D eigenvalue weighted by Gasteiger charge is 2.17. The van der Waals surface area contributed by atoms with Crippen LogP contribution in [0.1, 0.15) is 17.5 Å². The fourth-order valence-electron chi connectivity index (χ4n) is 2.69. The highest BCUT2D eigenvalue weighted by Crippen LogP contribution is 2.39. The van der Waals surface area contributed by atoms with E-state index in [1.165, 1.54) is 32.5 Å². The molecule has 0 aliphatic heterocycles. The first kappa shape index (κ1) is 21.6. The second-order valence-corrected chi connectivity index (χ2v) is 7.84. The van der Waals surface area contributed by atoms with E-state index in [-0.39, 0.29) is 5.75 Å². The molecule has 0 aliphatic carbocycles. The summed E-state index contributed by atoms with van der Waals surface area (Å²) in [6.07, 6.45) is 1.69. The molecule has 2 aromatic carbocycles. The first-order valence-electron chi connectivity index (χ1n) is 8.73. The van der Waals surface area contributed by atoms with Crippen molar-refractivity contribution in [1.29, 1.82) is 5.26 Å². The number of benzene rings is 2. The number of carbonyl (C=O) groups is 1. The van der Waals surface area contributed by atoms with Crippen molar-refractivity contribution >= 4 is 44.9 Å². The maximum absolute atomic E-state index is 11.4. The zero-order valence-electron chi connectivity index (χ0n) is 16.4. The van der Waals surface area contributed by atoms with Crippen molar-refractivity contribution < 1.29 is 19.0 Å². The molecule has 0 N–H and O–H groups in total. The van der Waals surface area contributed by atoms with E-state index < -0.39 is 5.97 Å². The molecule has 0 atom stereocenters. The molecule has 0 saturated heterocycles. The minimum Gasteiger partial charge on any atom is -0.493 e. The Labute approximate surface area is 186 Å². The van der Waals surface area contributed by atoms with E-state index in [9.17, 15) is 10.1 Å². The van der Waals surface area contributed by atoms with Gasteiger partial charge in [0.25, 0.3) is 0 Å². The van der Waals surface area contributed by atoms with E-state index in [2.05, 4.69) is 27.0 Å². The predicted octanol–water partition coefficient (Wildman–Crippen LogP) is 5.58. The number of rotatable bonds is 6. The van der Waals surface area contributed by atoms with Crippen molar-refractivity contribution in [1.82, 2.24) is 4.98 Å². The molecule has 0 amide bonds. The quantitative estimate of drug-likeness (QED) is 0.258. The Balaban J connectivity index is 1.99. The zero-order chi connectivity index (χ0) is 21.7. The molecule has 0 bridgehead atoms. The van der Waals surface area contributed by atoms with E-state index >= 15 is 0 Å². The van der Waals surface area contributed by atoms with E-state index in [0.717, 1.165) is 15.7 Å². The Hall–Kier alpha value is -3.15. The number of hydrogen-bond donors (Lipinski definition) is 0. The van der Waals surface area contributed by atoms with E-state index in [1.807, 2.05) is 29.6 Å². The number of aromatic nitrogens is 1. The molecule has 1 aromatic heterocycles. The molecule has 0 radical (unpaired) electrons. The van der Waals surface area contributed by atoms with Gasteiger partial charge in [-0.1, -0.05) is 28.1 Å². The fraction of sp³-hybridized carbons (Fsp3) is 0.136. The number of nitriles is 1. The highest BCUT2D eigenvalue weighted by atomic mass is 79.9. The van der Waals surface area contributed by atoms with Gasteiger partial charge in [-0.3, -0.25) is 4.79 Å². The van der Waals surface area contributed by atoms with Crippen LogP contribution in [0.4, 0.5) is 0 Å². The van der Waals surface area contributed by atoms with Crippen LogP contribution in [-0.2, 0) is 4.79 Å². The standard InChI is InChI=1S/C22H17BrN2O4S/c1-13(26)29-21-19(27-2)9-14(10-20(21)28-3)8-16(11-24)22-25-18(12-30-22)15-4-6-17(23)7-5-15/h4-10,12H,1-3H3/b16-8+. The largest absolute Gasteiger partial charge is 0.493 e. The molecule has 3 rings (SSSR count). The molecule has 1 heterocycles. The monoisotopic (exact) mass is 484 g/mol. The first-order chi connectivity index (χ1) is 14.4. The van der Waals surface area contributed by atoms with Gasteiger partial charge in [-0.05, 0) is 35.9 Å². The molecular formula is C22H17BrN2O4S. The van der Waals surface area contributed by atoms with Gasteiger partial charge in [0, 0.05) is 22.3 Å². The third-order valence-corrected chi connectivity index (χ3v) is 5.44. The van der Waals surface area contributed by atoms with Crippen molar-refractivity contribution in [3.05, 3.63) is 56.8 Å². The average Bonchev–Trinajstić information content (AvgIpc) is 3.22. The molecule has 0 saturated carbocycles. The summed E-state index contributed by atoms with van der Waals surface area (Å²) in [6.45, 7) is 1.30. The lowest BCUT2D eigenvalue weighted by atomic mass is 10.1. The molecule has 0 unspecified atom stereocenters. The molecule has 152 valence electrons. The maximum Gasteiger partial charge on any atom is 0.308 e. The van der Waals surface area contributed by atoms with Gasteiger partial charge in [-0.2, -0.15) is 5.26 Å². The van der Waals surface area contributed by atoms with Crippen molar-refractivity contribution in [2.24, 2.45) is 0 Å². The summed E-state index contributed by atoms with van der Waals surface area (Å²) in [5.74, 6) is 0.344. The van der Waals surface area contributed by atoms with Gasteiger partial charge in [0.2, 0.25) is 5.75 Å². The van der Waals surface area contributed by atoms with Crippen molar-refractivity contribution in [3.8, 4) is 34.6 Å². The normalized spacial score (nSPS) is 11.0. The molecule has 6 nitrogen and oxygen atoms in total. The Bertz CT molecular complexity index is 1120. The van der Waals surface area contributed by atoms with Crippen LogP contribution in [-0.4, -0.2) is 25.2 Å². The van der Waals surface area contributed by atoms with Crippen LogP contribution in [0.25, 0.3) is 22.9 Å². The Morgan fingerprint density at radius 3 is 2.33 bits per heavy atom. The summed E-state index contributed by atoms with van der Waals surface area (Å²) >= 11 is 4.80. The summed E-state index contributed by atoms with van der Waals surface area (Å²) in [4.78, 5) is 16.0. The lowest BCUT2D eigenvalue weighted by molar-refractivity contribution is -0.132. The smallest absolute Gasteiger partial charge is 0.308 e. The van der Waals surface area contributed by atoms with Gasteiger partial charge in [0.1, 0.15) is 11.1 Å². The van der Waals surface area contributed by atoms with E-state index in [0.29, 0.717) is 27.6 Å². The van der Waals surface area contributed by atoms with Crippen LogP contribution in [0.2, 0.25) is 0 Å². The Kier molecular flexibility index (Phi) is 6.87. The Morgan fingerprint density at radius 2 is 1.80 bits per heavy atom. The van der Waals surface area contributed by atoms with Crippen LogP contribution in [0.5, 0.6) is 17.2 Å². The topological polar surface area (TPSA) is 81.4 Å². The number of methoxy groups -OCH3 is 2. The highest BCUT2D eigenvalue weighted by molar-refractivity contribution is 9.10.